The highest BCUT2D eigenvalue weighted by Crippen LogP contribution is 2.22. The van der Waals surface area contributed by atoms with Gasteiger partial charge in [-0.1, -0.05) is 0 Å². The molecule has 78 valence electrons. The zero-order valence-corrected chi connectivity index (χ0v) is 9.49. The van der Waals surface area contributed by atoms with Crippen LogP contribution in [0, 0.1) is 6.92 Å². The van der Waals surface area contributed by atoms with Crippen LogP contribution in [0.3, 0.4) is 0 Å². The van der Waals surface area contributed by atoms with Crippen LogP contribution in [0.4, 0.5) is 0 Å². The zero-order chi connectivity index (χ0) is 10.2. The van der Waals surface area contributed by atoms with Crippen LogP contribution in [0.25, 0.3) is 0 Å². The third-order valence-corrected chi connectivity index (χ3v) is 4.86. The van der Waals surface area contributed by atoms with E-state index < -0.39 is 9.84 Å². The van der Waals surface area contributed by atoms with E-state index in [0.717, 1.165) is 9.88 Å². The maximum absolute atomic E-state index is 11.4. The van der Waals surface area contributed by atoms with Crippen molar-refractivity contribution in [3.05, 3.63) is 16.1 Å². The van der Waals surface area contributed by atoms with E-state index >= 15 is 0 Å². The Morgan fingerprint density at radius 3 is 3.00 bits per heavy atom. The highest BCUT2D eigenvalue weighted by molar-refractivity contribution is 7.91. The van der Waals surface area contributed by atoms with Crippen LogP contribution in [0.5, 0.6) is 0 Å². The monoisotopic (exact) mass is 232 g/mol. The van der Waals surface area contributed by atoms with Crippen molar-refractivity contribution in [2.45, 2.75) is 13.0 Å². The van der Waals surface area contributed by atoms with Crippen LogP contribution in [0.1, 0.15) is 15.9 Å². The van der Waals surface area contributed by atoms with Gasteiger partial charge in [0.2, 0.25) is 0 Å². The van der Waals surface area contributed by atoms with E-state index in [1.54, 1.807) is 17.5 Å². The summed E-state index contributed by atoms with van der Waals surface area (Å²) in [6.45, 7) is 2.50. The number of aryl methyl sites for hydroxylation is 1. The molecular weight excluding hydrogens is 220 g/mol. The summed E-state index contributed by atoms with van der Waals surface area (Å²) in [5.41, 5.74) is 0. The number of rotatable bonds is 1. The number of thiazole rings is 1. The van der Waals surface area contributed by atoms with Crippen molar-refractivity contribution in [1.82, 2.24) is 10.3 Å². The van der Waals surface area contributed by atoms with Crippen LogP contribution < -0.4 is 5.32 Å². The first-order valence-corrected chi connectivity index (χ1v) is 7.07. The van der Waals surface area contributed by atoms with Gasteiger partial charge in [0.1, 0.15) is 5.01 Å². The maximum Gasteiger partial charge on any atom is 0.153 e. The Labute approximate surface area is 87.3 Å². The lowest BCUT2D eigenvalue weighted by Crippen LogP contribution is -2.39. The van der Waals surface area contributed by atoms with Gasteiger partial charge < -0.3 is 5.32 Å². The fourth-order valence-electron chi connectivity index (χ4n) is 1.48. The fourth-order valence-corrected chi connectivity index (χ4v) is 3.81. The van der Waals surface area contributed by atoms with Crippen LogP contribution in [0.15, 0.2) is 6.20 Å². The van der Waals surface area contributed by atoms with Crippen LogP contribution >= 0.6 is 11.3 Å². The van der Waals surface area contributed by atoms with Crippen LogP contribution in [-0.2, 0) is 9.84 Å². The molecule has 1 unspecified atom stereocenters. The summed E-state index contributed by atoms with van der Waals surface area (Å²) in [5, 5.41) is 4.05. The Hall–Kier alpha value is -0.460. The highest BCUT2D eigenvalue weighted by atomic mass is 32.2. The zero-order valence-electron chi connectivity index (χ0n) is 7.86. The largest absolute Gasteiger partial charge is 0.306 e. The maximum atomic E-state index is 11.4. The minimum Gasteiger partial charge on any atom is -0.306 e. The summed E-state index contributed by atoms with van der Waals surface area (Å²) < 4.78 is 22.8. The van der Waals surface area contributed by atoms with Gasteiger partial charge in [0.05, 0.1) is 17.5 Å². The molecule has 0 bridgehead atoms. The third-order valence-electron chi connectivity index (χ3n) is 2.16. The van der Waals surface area contributed by atoms with Gasteiger partial charge in [0, 0.05) is 17.6 Å². The molecule has 1 fully saturated rings. The molecule has 2 rings (SSSR count). The number of aromatic nitrogens is 1. The minimum absolute atomic E-state index is 0.104. The summed E-state index contributed by atoms with van der Waals surface area (Å²) in [6, 6.07) is -0.104. The summed E-state index contributed by atoms with van der Waals surface area (Å²) in [6.07, 6.45) is 1.78. The van der Waals surface area contributed by atoms with E-state index in [9.17, 15) is 8.42 Å². The first-order chi connectivity index (χ1) is 6.57. The molecule has 0 amide bonds. The number of nitrogens with zero attached hydrogens (tertiary/aromatic N) is 1. The first kappa shape index (κ1) is 10.1. The quantitative estimate of drug-likeness (QED) is 0.766. The van der Waals surface area contributed by atoms with Gasteiger partial charge >= 0.3 is 0 Å². The van der Waals surface area contributed by atoms with Crippen molar-refractivity contribution in [3.8, 4) is 0 Å². The molecule has 0 aliphatic carbocycles. The lowest BCUT2D eigenvalue weighted by Gasteiger charge is -2.21. The molecule has 6 heteroatoms. The van der Waals surface area contributed by atoms with Gasteiger partial charge in [0.15, 0.2) is 9.84 Å². The van der Waals surface area contributed by atoms with Gasteiger partial charge in [-0.05, 0) is 6.92 Å². The van der Waals surface area contributed by atoms with Crippen molar-refractivity contribution >= 4 is 21.2 Å². The molecule has 1 aromatic rings. The average molecular weight is 232 g/mol. The Kier molecular flexibility index (Phi) is 2.59. The van der Waals surface area contributed by atoms with E-state index in [-0.39, 0.29) is 17.5 Å². The van der Waals surface area contributed by atoms with Crippen molar-refractivity contribution in [3.63, 3.8) is 0 Å². The summed E-state index contributed by atoms with van der Waals surface area (Å²) in [7, 11) is -2.87. The highest BCUT2D eigenvalue weighted by Gasteiger charge is 2.27. The molecule has 2 heterocycles. The molecule has 0 spiro atoms. The number of hydrogen-bond acceptors (Lipinski definition) is 5. The van der Waals surface area contributed by atoms with Crippen LogP contribution in [0.2, 0.25) is 0 Å². The second-order valence-corrected chi connectivity index (χ2v) is 6.93. The molecule has 14 heavy (non-hydrogen) atoms. The molecule has 1 N–H and O–H groups in total. The summed E-state index contributed by atoms with van der Waals surface area (Å²) >= 11 is 1.56. The van der Waals surface area contributed by atoms with Gasteiger partial charge in [0.25, 0.3) is 0 Å². The number of sulfone groups is 1. The van der Waals surface area contributed by atoms with Crippen molar-refractivity contribution in [1.29, 1.82) is 0 Å². The molecule has 1 aromatic heterocycles. The molecule has 1 saturated heterocycles. The molecule has 4 nitrogen and oxygen atoms in total. The van der Waals surface area contributed by atoms with Gasteiger partial charge in [-0.25, -0.2) is 13.4 Å². The van der Waals surface area contributed by atoms with Crippen molar-refractivity contribution in [2.24, 2.45) is 0 Å². The van der Waals surface area contributed by atoms with E-state index in [1.807, 2.05) is 6.92 Å². The van der Waals surface area contributed by atoms with Crippen molar-refractivity contribution < 1.29 is 8.42 Å². The van der Waals surface area contributed by atoms with Gasteiger partial charge in [-0.3, -0.25) is 0 Å². The number of nitrogens with one attached hydrogen (secondary N) is 1. The number of hydrogen-bond donors (Lipinski definition) is 1. The van der Waals surface area contributed by atoms with Gasteiger partial charge in [-0.15, -0.1) is 11.3 Å². The normalized spacial score (nSPS) is 26.2. The van der Waals surface area contributed by atoms with Crippen LogP contribution in [-0.4, -0.2) is 31.5 Å². The summed E-state index contributed by atoms with van der Waals surface area (Å²) in [5.74, 6) is 0.424. The summed E-state index contributed by atoms with van der Waals surface area (Å²) in [4.78, 5) is 5.31. The SMILES string of the molecule is Cc1cnc(C2CS(=O)(=O)CCN2)s1. The Morgan fingerprint density at radius 2 is 2.43 bits per heavy atom. The Balaban J connectivity index is 2.20. The van der Waals surface area contributed by atoms with Crippen molar-refractivity contribution in [2.75, 3.05) is 18.1 Å². The third kappa shape index (κ3) is 2.13. The predicted molar refractivity (Wildman–Crippen MR) is 56.2 cm³/mol. The lowest BCUT2D eigenvalue weighted by molar-refractivity contribution is 0.529. The standard InChI is InChI=1S/C8H12N2O2S2/c1-6-4-10-8(13-6)7-5-14(11,12)3-2-9-7/h4,7,9H,2-3,5H2,1H3. The predicted octanol–water partition coefficient (Wildman–Crippen LogP) is 0.511. The smallest absolute Gasteiger partial charge is 0.153 e. The van der Waals surface area contributed by atoms with Gasteiger partial charge in [-0.2, -0.15) is 0 Å². The molecule has 1 aliphatic heterocycles. The average Bonchev–Trinajstić information content (AvgIpc) is 2.50. The molecule has 0 aromatic carbocycles. The molecule has 0 radical (unpaired) electrons. The van der Waals surface area contributed by atoms with E-state index in [4.69, 9.17) is 0 Å². The lowest BCUT2D eigenvalue weighted by atomic mass is 10.3. The van der Waals surface area contributed by atoms with E-state index in [1.165, 1.54) is 0 Å². The van der Waals surface area contributed by atoms with E-state index in [0.29, 0.717) is 6.54 Å². The second-order valence-electron chi connectivity index (χ2n) is 3.43. The first-order valence-electron chi connectivity index (χ1n) is 4.43. The Morgan fingerprint density at radius 1 is 1.64 bits per heavy atom. The minimum atomic E-state index is -2.87. The Bertz CT molecular complexity index is 424. The second kappa shape index (κ2) is 3.60. The molecule has 1 atom stereocenters. The molecule has 1 aliphatic rings. The molecule has 0 saturated carbocycles. The molecular formula is C8H12N2O2S2. The topological polar surface area (TPSA) is 59.1 Å². The fraction of sp³-hybridized carbons (Fsp3) is 0.625. The van der Waals surface area contributed by atoms with E-state index in [2.05, 4.69) is 10.3 Å².